The minimum Gasteiger partial charge on any atom is -0.477 e. The van der Waals surface area contributed by atoms with Crippen LogP contribution in [0.1, 0.15) is 36.6 Å². The summed E-state index contributed by atoms with van der Waals surface area (Å²) in [7, 11) is 0. The van der Waals surface area contributed by atoms with E-state index in [1.165, 1.54) is 42.5 Å². The highest BCUT2D eigenvalue weighted by Gasteiger charge is 2.27. The number of amides is 1. The van der Waals surface area contributed by atoms with Crippen molar-refractivity contribution in [2.75, 3.05) is 10.8 Å². The molecule has 184 valence electrons. The molecule has 1 amide bonds. The van der Waals surface area contributed by atoms with Crippen LogP contribution in [-0.4, -0.2) is 37.9 Å². The van der Waals surface area contributed by atoms with Crippen LogP contribution in [0.2, 0.25) is 0 Å². The molecule has 0 atom stereocenters. The number of benzene rings is 3. The fourth-order valence-electron chi connectivity index (χ4n) is 3.23. The van der Waals surface area contributed by atoms with Gasteiger partial charge in [-0.15, -0.1) is 0 Å². The number of nitrogens with one attached hydrogen (secondary N) is 2. The van der Waals surface area contributed by atoms with Crippen molar-refractivity contribution in [1.29, 1.82) is 0 Å². The maximum atomic E-state index is 12.6. The van der Waals surface area contributed by atoms with Crippen molar-refractivity contribution >= 4 is 40.6 Å². The zero-order valence-electron chi connectivity index (χ0n) is 18.0. The Hall–Kier alpha value is -5.37. The van der Waals surface area contributed by atoms with Crippen LogP contribution in [0.4, 0.5) is 22.7 Å². The Kier molecular flexibility index (Phi) is 7.51. The third-order valence-corrected chi connectivity index (χ3v) is 4.80. The van der Waals surface area contributed by atoms with E-state index in [-0.39, 0.29) is 17.9 Å². The lowest BCUT2D eigenvalue weighted by molar-refractivity contribution is -0.385. The van der Waals surface area contributed by atoms with Gasteiger partial charge in [-0.05, 0) is 30.3 Å². The Labute approximate surface area is 201 Å². The lowest BCUT2D eigenvalue weighted by Crippen LogP contribution is -2.17. The quantitative estimate of drug-likeness (QED) is 0.235. The molecule has 0 heterocycles. The van der Waals surface area contributed by atoms with E-state index >= 15 is 0 Å². The predicted octanol–water partition coefficient (Wildman–Crippen LogP) is 3.70. The summed E-state index contributed by atoms with van der Waals surface area (Å²) < 4.78 is 0. The summed E-state index contributed by atoms with van der Waals surface area (Å²) >= 11 is 0. The molecule has 0 bridgehead atoms. The first kappa shape index (κ1) is 25.3. The second-order valence-corrected chi connectivity index (χ2v) is 7.06. The van der Waals surface area contributed by atoms with E-state index < -0.39 is 55.8 Å². The Morgan fingerprint density at radius 2 is 1.31 bits per heavy atom. The monoisotopic (exact) mass is 496 g/mol. The van der Waals surface area contributed by atoms with E-state index in [9.17, 15) is 44.8 Å². The Morgan fingerprint density at radius 1 is 0.778 bits per heavy atom. The fourth-order valence-corrected chi connectivity index (χ4v) is 3.23. The number of nitrogens with zero attached hydrogens (tertiary/aromatic N) is 2. The number of hydrogen-bond acceptors (Lipinski definition) is 9. The highest BCUT2D eigenvalue weighted by molar-refractivity contribution is 6.12. The van der Waals surface area contributed by atoms with Crippen molar-refractivity contribution in [3.8, 4) is 0 Å². The molecule has 0 saturated carbocycles. The number of nitro benzene ring substituents is 2. The third kappa shape index (κ3) is 5.57. The number of rotatable bonds is 10. The molecule has 0 spiro atoms. The maximum Gasteiger partial charge on any atom is 0.343 e. The molecule has 36 heavy (non-hydrogen) atoms. The minimum absolute atomic E-state index is 0.0688. The average molecular weight is 496 g/mol. The summed E-state index contributed by atoms with van der Waals surface area (Å²) in [5, 5.41) is 43.3. The first-order valence-electron chi connectivity index (χ1n) is 9.89. The van der Waals surface area contributed by atoms with E-state index in [1.54, 1.807) is 0 Å². The van der Waals surface area contributed by atoms with Gasteiger partial charge < -0.3 is 15.5 Å². The number of nitro groups is 2. The van der Waals surface area contributed by atoms with Gasteiger partial charge in [0.05, 0.1) is 21.1 Å². The van der Waals surface area contributed by atoms with Gasteiger partial charge in [0.25, 0.3) is 17.3 Å². The van der Waals surface area contributed by atoms with Crippen LogP contribution in [-0.2, 0) is 11.4 Å². The van der Waals surface area contributed by atoms with E-state index in [0.29, 0.717) is 5.69 Å². The van der Waals surface area contributed by atoms with Crippen LogP contribution in [0, 0.1) is 20.2 Å². The molecular formula is C22H16N4O10. The lowest BCUT2D eigenvalue weighted by atomic mass is 10.0. The van der Waals surface area contributed by atoms with Crippen LogP contribution in [0.25, 0.3) is 0 Å². The van der Waals surface area contributed by atoms with Crippen LogP contribution in [0.5, 0.6) is 0 Å². The first-order chi connectivity index (χ1) is 17.1. The molecule has 0 aromatic heterocycles. The molecular weight excluding hydrogens is 480 g/mol. The zero-order chi connectivity index (χ0) is 26.4. The second-order valence-electron chi connectivity index (χ2n) is 7.06. The SMILES string of the molecule is O=C(Nc1ccc(NOCc2cccc([N+](=O)[O-])c2C(=O)O)cc1)c1cccc([N+](=O)[O-])c1C(=O)O. The van der Waals surface area contributed by atoms with E-state index in [1.807, 2.05) is 0 Å². The summed E-state index contributed by atoms with van der Waals surface area (Å²) in [4.78, 5) is 61.2. The Balaban J connectivity index is 1.68. The van der Waals surface area contributed by atoms with Gasteiger partial charge in [-0.1, -0.05) is 18.2 Å². The van der Waals surface area contributed by atoms with Crippen molar-refractivity contribution in [2.45, 2.75) is 6.61 Å². The van der Waals surface area contributed by atoms with Crippen LogP contribution < -0.4 is 10.8 Å². The number of aromatic carboxylic acids is 2. The second kappa shape index (κ2) is 10.7. The van der Waals surface area contributed by atoms with Crippen molar-refractivity contribution in [3.05, 3.63) is 103 Å². The molecule has 3 aromatic rings. The molecule has 4 N–H and O–H groups in total. The van der Waals surface area contributed by atoms with Gasteiger partial charge in [-0.3, -0.25) is 35.3 Å². The summed E-state index contributed by atoms with van der Waals surface area (Å²) in [6.45, 7) is -0.313. The van der Waals surface area contributed by atoms with Crippen molar-refractivity contribution in [2.24, 2.45) is 0 Å². The van der Waals surface area contributed by atoms with E-state index in [2.05, 4.69) is 10.8 Å². The van der Waals surface area contributed by atoms with Crippen molar-refractivity contribution < 1.29 is 39.3 Å². The predicted molar refractivity (Wildman–Crippen MR) is 123 cm³/mol. The molecule has 0 saturated heterocycles. The van der Waals surface area contributed by atoms with Crippen molar-refractivity contribution in [1.82, 2.24) is 0 Å². The molecule has 0 aliphatic carbocycles. The van der Waals surface area contributed by atoms with Gasteiger partial charge in [-0.25, -0.2) is 9.59 Å². The zero-order valence-corrected chi connectivity index (χ0v) is 18.0. The smallest absolute Gasteiger partial charge is 0.343 e. The summed E-state index contributed by atoms with van der Waals surface area (Å²) in [5.74, 6) is -3.98. The summed E-state index contributed by atoms with van der Waals surface area (Å²) in [6.07, 6.45) is 0. The lowest BCUT2D eigenvalue weighted by Gasteiger charge is -2.11. The molecule has 3 aromatic carbocycles. The number of hydrogen-bond donors (Lipinski definition) is 4. The van der Waals surface area contributed by atoms with Crippen molar-refractivity contribution in [3.63, 3.8) is 0 Å². The van der Waals surface area contributed by atoms with E-state index in [0.717, 1.165) is 18.2 Å². The largest absolute Gasteiger partial charge is 0.477 e. The number of anilines is 2. The Bertz CT molecular complexity index is 1370. The number of carbonyl (C=O) groups is 3. The molecule has 0 aliphatic heterocycles. The molecule has 0 unspecified atom stereocenters. The molecule has 0 aliphatic rings. The normalized spacial score (nSPS) is 10.3. The Morgan fingerprint density at radius 3 is 1.86 bits per heavy atom. The van der Waals surface area contributed by atoms with Gasteiger partial charge in [0, 0.05) is 23.4 Å². The van der Waals surface area contributed by atoms with Crippen LogP contribution >= 0.6 is 0 Å². The molecule has 3 rings (SSSR count). The maximum absolute atomic E-state index is 12.6. The van der Waals surface area contributed by atoms with Gasteiger partial charge in [0.2, 0.25) is 0 Å². The van der Waals surface area contributed by atoms with Gasteiger partial charge in [0.1, 0.15) is 17.7 Å². The molecule has 14 nitrogen and oxygen atoms in total. The standard InChI is InChI=1S/C22H16N4O10/c27-20(15-4-2-6-17(26(34)35)19(15)22(30)31)23-13-7-9-14(10-8-13)24-36-11-12-3-1-5-16(25(32)33)18(12)21(28)29/h1-10,24H,11H2,(H,23,27)(H,28,29)(H,30,31). The van der Waals surface area contributed by atoms with E-state index in [4.69, 9.17) is 4.84 Å². The third-order valence-electron chi connectivity index (χ3n) is 4.80. The minimum atomic E-state index is -1.63. The number of carboxylic acid groups (broad SMARTS) is 2. The molecule has 14 heteroatoms. The molecule has 0 radical (unpaired) electrons. The van der Waals surface area contributed by atoms with Crippen LogP contribution in [0.15, 0.2) is 60.7 Å². The molecule has 0 fully saturated rings. The number of carboxylic acids is 2. The fraction of sp³-hybridized carbons (Fsp3) is 0.0455. The van der Waals surface area contributed by atoms with Gasteiger partial charge in [0.15, 0.2) is 0 Å². The average Bonchev–Trinajstić information content (AvgIpc) is 2.84. The van der Waals surface area contributed by atoms with Gasteiger partial charge >= 0.3 is 11.9 Å². The van der Waals surface area contributed by atoms with Crippen LogP contribution in [0.3, 0.4) is 0 Å². The van der Waals surface area contributed by atoms with Gasteiger partial charge in [-0.2, -0.15) is 0 Å². The highest BCUT2D eigenvalue weighted by Crippen LogP contribution is 2.25. The highest BCUT2D eigenvalue weighted by atomic mass is 16.6. The summed E-state index contributed by atoms with van der Waals surface area (Å²) in [5.41, 5.74) is 0.289. The topological polar surface area (TPSA) is 211 Å². The number of carbonyl (C=O) groups excluding carboxylic acids is 1. The summed E-state index contributed by atoms with van der Waals surface area (Å²) in [6, 6.07) is 12.9. The first-order valence-corrected chi connectivity index (χ1v) is 9.89.